The number of thiazole rings is 1. The molecule has 0 aliphatic heterocycles. The monoisotopic (exact) mass is 333 g/mol. The number of carbonyl (C=O) groups excluding carboxylic acids is 1. The molecule has 0 saturated carbocycles. The van der Waals surface area contributed by atoms with Gasteiger partial charge in [0.1, 0.15) is 5.60 Å². The first-order chi connectivity index (χ1) is 10.7. The first-order valence-electron chi connectivity index (χ1n) is 7.45. The number of hydrogen-bond donors (Lipinski definition) is 1. The number of anilines is 2. The maximum atomic E-state index is 12.1. The Morgan fingerprint density at radius 1 is 1.30 bits per heavy atom. The van der Waals surface area contributed by atoms with E-state index in [0.29, 0.717) is 5.13 Å². The maximum Gasteiger partial charge on any atom is 0.416 e. The minimum absolute atomic E-state index is 0.132. The summed E-state index contributed by atoms with van der Waals surface area (Å²) in [5.74, 6) is 0.132. The van der Waals surface area contributed by atoms with Crippen LogP contribution in [0.5, 0.6) is 0 Å². The summed E-state index contributed by atoms with van der Waals surface area (Å²) in [6, 6.07) is 7.76. The lowest BCUT2D eigenvalue weighted by atomic mass is 9.98. The third-order valence-electron chi connectivity index (χ3n) is 3.34. The fourth-order valence-electron chi connectivity index (χ4n) is 1.99. The summed E-state index contributed by atoms with van der Waals surface area (Å²) in [6.07, 6.45) is -0.404. The van der Waals surface area contributed by atoms with Gasteiger partial charge in [-0.3, -0.25) is 4.90 Å². The Balaban J connectivity index is 2.13. The molecular weight excluding hydrogens is 310 g/mol. The molecule has 0 fully saturated rings. The van der Waals surface area contributed by atoms with Crippen molar-refractivity contribution in [2.45, 2.75) is 39.2 Å². The van der Waals surface area contributed by atoms with Crippen molar-refractivity contribution in [2.75, 3.05) is 17.7 Å². The molecule has 0 saturated heterocycles. The van der Waals surface area contributed by atoms with Crippen LogP contribution in [-0.4, -0.2) is 23.7 Å². The molecule has 2 rings (SSSR count). The van der Waals surface area contributed by atoms with Crippen LogP contribution in [0.2, 0.25) is 0 Å². The van der Waals surface area contributed by atoms with Gasteiger partial charge in [0.25, 0.3) is 0 Å². The molecule has 5 nitrogen and oxygen atoms in total. The molecular formula is C17H23N3O2S. The summed E-state index contributed by atoms with van der Waals surface area (Å²) in [4.78, 5) is 18.1. The van der Waals surface area contributed by atoms with Crippen molar-refractivity contribution >= 4 is 28.2 Å². The Bertz CT molecular complexity index is 674. The van der Waals surface area contributed by atoms with E-state index < -0.39 is 11.7 Å². The Labute approximate surface area is 141 Å². The van der Waals surface area contributed by atoms with Crippen LogP contribution in [0.1, 0.15) is 44.9 Å². The lowest BCUT2D eigenvalue weighted by Crippen LogP contribution is -2.34. The van der Waals surface area contributed by atoms with Crippen molar-refractivity contribution in [1.29, 1.82) is 0 Å². The number of ether oxygens (including phenoxy) is 1. The molecule has 1 unspecified atom stereocenters. The fraction of sp³-hybridized carbons (Fsp3) is 0.412. The molecule has 1 aromatic carbocycles. The number of nitrogens with zero attached hydrogens (tertiary/aromatic N) is 2. The van der Waals surface area contributed by atoms with Crippen molar-refractivity contribution in [2.24, 2.45) is 0 Å². The highest BCUT2D eigenvalue weighted by Crippen LogP contribution is 2.29. The molecule has 1 atom stereocenters. The van der Waals surface area contributed by atoms with E-state index >= 15 is 0 Å². The predicted octanol–water partition coefficient (Wildman–Crippen LogP) is 4.25. The highest BCUT2D eigenvalue weighted by Gasteiger charge is 2.23. The third kappa shape index (κ3) is 4.45. The first-order valence-corrected chi connectivity index (χ1v) is 8.33. The van der Waals surface area contributed by atoms with Gasteiger partial charge in [-0.2, -0.15) is 0 Å². The second-order valence-electron chi connectivity index (χ2n) is 6.48. The normalized spacial score (nSPS) is 12.7. The molecule has 23 heavy (non-hydrogen) atoms. The van der Waals surface area contributed by atoms with Crippen LogP contribution in [0.4, 0.5) is 15.6 Å². The van der Waals surface area contributed by atoms with Gasteiger partial charge in [0, 0.05) is 24.0 Å². The molecule has 0 radical (unpaired) electrons. The van der Waals surface area contributed by atoms with Crippen molar-refractivity contribution in [3.05, 3.63) is 40.9 Å². The van der Waals surface area contributed by atoms with Crippen LogP contribution in [0.25, 0.3) is 0 Å². The number of carbonyl (C=O) groups is 1. The van der Waals surface area contributed by atoms with Gasteiger partial charge in [-0.15, -0.1) is 11.3 Å². The quantitative estimate of drug-likeness (QED) is 0.853. The molecule has 2 N–H and O–H groups in total. The molecule has 0 aliphatic carbocycles. The first kappa shape index (κ1) is 17.3. The molecule has 0 spiro atoms. The molecule has 2 aromatic rings. The van der Waals surface area contributed by atoms with E-state index in [-0.39, 0.29) is 5.92 Å². The lowest BCUT2D eigenvalue weighted by Gasteiger charge is -2.23. The zero-order valence-electron chi connectivity index (χ0n) is 14.2. The van der Waals surface area contributed by atoms with Gasteiger partial charge < -0.3 is 10.5 Å². The van der Waals surface area contributed by atoms with E-state index in [4.69, 9.17) is 10.5 Å². The average Bonchev–Trinajstić information content (AvgIpc) is 2.94. The van der Waals surface area contributed by atoms with Crippen LogP contribution in [0, 0.1) is 0 Å². The number of amides is 1. The second kappa shape index (κ2) is 6.58. The summed E-state index contributed by atoms with van der Waals surface area (Å²) in [6.45, 7) is 7.61. The molecule has 124 valence electrons. The molecule has 1 amide bonds. The number of nitrogen functional groups attached to an aromatic ring is 1. The number of benzene rings is 1. The van der Waals surface area contributed by atoms with Gasteiger partial charge in [-0.05, 0) is 38.5 Å². The average molecular weight is 333 g/mol. The largest absolute Gasteiger partial charge is 0.443 e. The molecule has 6 heteroatoms. The zero-order chi connectivity index (χ0) is 17.2. The van der Waals surface area contributed by atoms with Gasteiger partial charge in [-0.25, -0.2) is 9.78 Å². The Morgan fingerprint density at radius 3 is 2.48 bits per heavy atom. The highest BCUT2D eigenvalue weighted by atomic mass is 32.1. The number of nitrogens with two attached hydrogens (primary N) is 1. The number of rotatable bonds is 3. The van der Waals surface area contributed by atoms with Crippen molar-refractivity contribution in [1.82, 2.24) is 4.98 Å². The van der Waals surface area contributed by atoms with E-state index in [2.05, 4.69) is 11.9 Å². The summed E-state index contributed by atoms with van der Waals surface area (Å²) < 4.78 is 5.36. The number of aromatic nitrogens is 1. The summed E-state index contributed by atoms with van der Waals surface area (Å²) in [7, 11) is 1.67. The third-order valence-corrected chi connectivity index (χ3v) is 4.28. The fourth-order valence-corrected chi connectivity index (χ4v) is 2.87. The van der Waals surface area contributed by atoms with Gasteiger partial charge in [0.05, 0.1) is 5.69 Å². The van der Waals surface area contributed by atoms with Crippen molar-refractivity contribution in [3.63, 3.8) is 0 Å². The van der Waals surface area contributed by atoms with Gasteiger partial charge in [-0.1, -0.05) is 19.1 Å². The van der Waals surface area contributed by atoms with E-state index in [1.54, 1.807) is 7.05 Å². The summed E-state index contributed by atoms with van der Waals surface area (Å²) >= 11 is 1.43. The van der Waals surface area contributed by atoms with Crippen LogP contribution < -0.4 is 10.6 Å². The van der Waals surface area contributed by atoms with E-state index in [1.165, 1.54) is 16.2 Å². The molecule has 0 bridgehead atoms. The van der Waals surface area contributed by atoms with Crippen LogP contribution in [0.15, 0.2) is 29.6 Å². The van der Waals surface area contributed by atoms with E-state index in [0.717, 1.165) is 16.9 Å². The molecule has 1 aromatic heterocycles. The van der Waals surface area contributed by atoms with Crippen molar-refractivity contribution in [3.8, 4) is 0 Å². The minimum Gasteiger partial charge on any atom is -0.443 e. The predicted molar refractivity (Wildman–Crippen MR) is 95.1 cm³/mol. The van der Waals surface area contributed by atoms with Crippen LogP contribution in [0.3, 0.4) is 0 Å². The van der Waals surface area contributed by atoms with Gasteiger partial charge in [0.2, 0.25) is 0 Å². The standard InChI is InChI=1S/C17H23N3O2S/c1-11(12-6-8-13(18)9-7-12)14-10-23-15(19-14)20(5)16(21)22-17(2,3)4/h6-11H,18H2,1-5H3. The smallest absolute Gasteiger partial charge is 0.416 e. The summed E-state index contributed by atoms with van der Waals surface area (Å²) in [5.41, 5.74) is 7.99. The van der Waals surface area contributed by atoms with Crippen molar-refractivity contribution < 1.29 is 9.53 Å². The van der Waals surface area contributed by atoms with E-state index in [9.17, 15) is 4.79 Å². The SMILES string of the molecule is CC(c1ccc(N)cc1)c1csc(N(C)C(=O)OC(C)(C)C)n1. The summed E-state index contributed by atoms with van der Waals surface area (Å²) in [5, 5.41) is 2.59. The topological polar surface area (TPSA) is 68.5 Å². The van der Waals surface area contributed by atoms with Gasteiger partial charge in [0.15, 0.2) is 5.13 Å². The highest BCUT2D eigenvalue weighted by molar-refractivity contribution is 7.14. The zero-order valence-corrected chi connectivity index (χ0v) is 15.0. The minimum atomic E-state index is -0.525. The number of hydrogen-bond acceptors (Lipinski definition) is 5. The Morgan fingerprint density at radius 2 is 1.91 bits per heavy atom. The molecule has 0 aliphatic rings. The molecule has 1 heterocycles. The van der Waals surface area contributed by atoms with E-state index in [1.807, 2.05) is 50.4 Å². The van der Waals surface area contributed by atoms with Crippen LogP contribution in [-0.2, 0) is 4.74 Å². The van der Waals surface area contributed by atoms with Gasteiger partial charge >= 0.3 is 6.09 Å². The maximum absolute atomic E-state index is 12.1. The lowest BCUT2D eigenvalue weighted by molar-refractivity contribution is 0.0589. The Hall–Kier alpha value is -2.08. The van der Waals surface area contributed by atoms with Crippen LogP contribution >= 0.6 is 11.3 Å². The second-order valence-corrected chi connectivity index (χ2v) is 7.32. The Kier molecular flexibility index (Phi) is 4.94.